The molecule has 1 heterocycles. The van der Waals surface area contributed by atoms with Gasteiger partial charge < -0.3 is 10.1 Å². The minimum atomic E-state index is -3.35. The highest BCUT2D eigenvalue weighted by molar-refractivity contribution is 7.91. The lowest BCUT2D eigenvalue weighted by atomic mass is 10.0. The lowest BCUT2D eigenvalue weighted by Crippen LogP contribution is -2.36. The van der Waals surface area contributed by atoms with Gasteiger partial charge in [-0.25, -0.2) is 17.2 Å². The number of rotatable bonds is 4. The largest absolute Gasteiger partial charge is 0.481 e. The second-order valence-corrected chi connectivity index (χ2v) is 7.71. The van der Waals surface area contributed by atoms with Crippen molar-refractivity contribution in [2.24, 2.45) is 0 Å². The van der Waals surface area contributed by atoms with Crippen LogP contribution in [0, 0.1) is 11.6 Å². The molecule has 2 aromatic carbocycles. The Balaban J connectivity index is 1.69. The zero-order valence-electron chi connectivity index (χ0n) is 13.0. The molecule has 1 amide bonds. The van der Waals surface area contributed by atoms with Crippen LogP contribution in [-0.2, 0) is 14.6 Å². The maximum absolute atomic E-state index is 13.5. The van der Waals surface area contributed by atoms with E-state index in [9.17, 15) is 22.0 Å². The van der Waals surface area contributed by atoms with Gasteiger partial charge in [0.25, 0.3) is 5.91 Å². The molecule has 0 bridgehead atoms. The first kappa shape index (κ1) is 17.3. The number of ether oxygens (including phenoxy) is 1. The van der Waals surface area contributed by atoms with Gasteiger partial charge in [0.05, 0.1) is 16.7 Å². The van der Waals surface area contributed by atoms with Crippen LogP contribution in [0.3, 0.4) is 0 Å². The molecule has 1 atom stereocenters. The van der Waals surface area contributed by atoms with Crippen LogP contribution in [-0.4, -0.2) is 26.7 Å². The normalized spacial score (nSPS) is 18.2. The first-order valence-electron chi connectivity index (χ1n) is 7.56. The van der Waals surface area contributed by atoms with Crippen molar-refractivity contribution in [2.75, 3.05) is 12.4 Å². The zero-order valence-corrected chi connectivity index (χ0v) is 13.9. The van der Waals surface area contributed by atoms with Gasteiger partial charge >= 0.3 is 0 Å². The average molecular weight is 367 g/mol. The van der Waals surface area contributed by atoms with Crippen molar-refractivity contribution in [2.45, 2.75) is 17.4 Å². The molecule has 0 fully saturated rings. The number of amides is 1. The van der Waals surface area contributed by atoms with Crippen molar-refractivity contribution < 1.29 is 26.7 Å². The maximum atomic E-state index is 13.5. The van der Waals surface area contributed by atoms with E-state index in [-0.39, 0.29) is 22.8 Å². The summed E-state index contributed by atoms with van der Waals surface area (Å²) < 4.78 is 55.7. The van der Waals surface area contributed by atoms with E-state index < -0.39 is 40.0 Å². The lowest BCUT2D eigenvalue weighted by molar-refractivity contribution is -0.124. The maximum Gasteiger partial charge on any atom is 0.258 e. The number of hydrogen-bond acceptors (Lipinski definition) is 4. The molecule has 132 valence electrons. The minimum absolute atomic E-state index is 0.0751. The Morgan fingerprint density at radius 3 is 2.76 bits per heavy atom. The molecule has 0 radical (unpaired) electrons. The summed E-state index contributed by atoms with van der Waals surface area (Å²) in [4.78, 5) is 12.2. The Morgan fingerprint density at radius 1 is 1.20 bits per heavy atom. The molecule has 0 saturated heterocycles. The summed E-state index contributed by atoms with van der Waals surface area (Å²) in [6.45, 7) is -0.508. The second kappa shape index (κ2) is 6.79. The summed E-state index contributed by atoms with van der Waals surface area (Å²) in [5, 5.41) is 2.67. The van der Waals surface area contributed by atoms with E-state index >= 15 is 0 Å². The van der Waals surface area contributed by atoms with Crippen LogP contribution in [0.5, 0.6) is 5.75 Å². The molecule has 1 N–H and O–H groups in total. The van der Waals surface area contributed by atoms with Gasteiger partial charge in [-0.1, -0.05) is 18.2 Å². The highest BCUT2D eigenvalue weighted by Gasteiger charge is 2.30. The molecule has 0 saturated carbocycles. The predicted molar refractivity (Wildman–Crippen MR) is 85.8 cm³/mol. The third-order valence-corrected chi connectivity index (χ3v) is 5.71. The van der Waals surface area contributed by atoms with Crippen LogP contribution in [0.1, 0.15) is 18.0 Å². The van der Waals surface area contributed by atoms with E-state index in [1.54, 1.807) is 18.2 Å². The van der Waals surface area contributed by atoms with Gasteiger partial charge in [0.15, 0.2) is 28.0 Å². The van der Waals surface area contributed by atoms with Gasteiger partial charge in [-0.3, -0.25) is 4.79 Å². The Kier molecular flexibility index (Phi) is 4.71. The van der Waals surface area contributed by atoms with E-state index in [0.29, 0.717) is 5.56 Å². The van der Waals surface area contributed by atoms with Crippen molar-refractivity contribution in [1.29, 1.82) is 0 Å². The molecule has 0 spiro atoms. The summed E-state index contributed by atoms with van der Waals surface area (Å²) in [7, 11) is -3.35. The topological polar surface area (TPSA) is 72.5 Å². The molecule has 5 nitrogen and oxygen atoms in total. The number of carbonyl (C=O) groups is 1. The smallest absolute Gasteiger partial charge is 0.258 e. The molecule has 1 aliphatic heterocycles. The number of hydrogen-bond donors (Lipinski definition) is 1. The van der Waals surface area contributed by atoms with Gasteiger partial charge in [-0.05, 0) is 30.2 Å². The van der Waals surface area contributed by atoms with Crippen molar-refractivity contribution in [3.63, 3.8) is 0 Å². The van der Waals surface area contributed by atoms with Crippen LogP contribution in [0.2, 0.25) is 0 Å². The summed E-state index contributed by atoms with van der Waals surface area (Å²) >= 11 is 0. The van der Waals surface area contributed by atoms with Crippen LogP contribution in [0.4, 0.5) is 8.78 Å². The van der Waals surface area contributed by atoms with Crippen molar-refractivity contribution >= 4 is 15.7 Å². The van der Waals surface area contributed by atoms with E-state index in [1.807, 2.05) is 0 Å². The summed E-state index contributed by atoms with van der Waals surface area (Å²) in [6, 6.07) is 8.69. The van der Waals surface area contributed by atoms with Crippen molar-refractivity contribution in [3.8, 4) is 5.75 Å². The van der Waals surface area contributed by atoms with E-state index in [0.717, 1.165) is 18.2 Å². The molecular weight excluding hydrogens is 352 g/mol. The third-order valence-electron chi connectivity index (χ3n) is 3.89. The standard InChI is InChI=1S/C17H15F2NO4S/c18-11-5-6-13(19)15(9-11)24-10-17(21)20-14-7-8-25(22,23)16-4-2-1-3-12(14)16/h1-6,9,14H,7-8,10H2,(H,20,21). The molecule has 0 aromatic heterocycles. The van der Waals surface area contributed by atoms with E-state index in [1.165, 1.54) is 6.07 Å². The van der Waals surface area contributed by atoms with Crippen LogP contribution in [0.15, 0.2) is 47.4 Å². The molecule has 8 heteroatoms. The summed E-state index contributed by atoms with van der Waals surface area (Å²) in [5.41, 5.74) is 0.513. The fraction of sp³-hybridized carbons (Fsp3) is 0.235. The Labute approximate surface area is 143 Å². The van der Waals surface area contributed by atoms with Gasteiger partial charge in [0, 0.05) is 6.07 Å². The number of carbonyl (C=O) groups excluding carboxylic acids is 1. The molecule has 1 unspecified atom stereocenters. The number of benzene rings is 2. The van der Waals surface area contributed by atoms with Crippen LogP contribution in [0.25, 0.3) is 0 Å². The van der Waals surface area contributed by atoms with Crippen LogP contribution < -0.4 is 10.1 Å². The highest BCUT2D eigenvalue weighted by atomic mass is 32.2. The van der Waals surface area contributed by atoms with Crippen LogP contribution >= 0.6 is 0 Å². The average Bonchev–Trinajstić information content (AvgIpc) is 2.58. The molecule has 2 aromatic rings. The van der Waals surface area contributed by atoms with E-state index in [4.69, 9.17) is 4.74 Å². The molecule has 0 aliphatic carbocycles. The Bertz CT molecular complexity index is 915. The molecule has 1 aliphatic rings. The quantitative estimate of drug-likeness (QED) is 0.901. The molecule has 25 heavy (non-hydrogen) atoms. The van der Waals surface area contributed by atoms with Gasteiger partial charge in [0.1, 0.15) is 5.82 Å². The monoisotopic (exact) mass is 367 g/mol. The number of sulfone groups is 1. The number of fused-ring (bicyclic) bond motifs is 1. The Morgan fingerprint density at radius 2 is 1.96 bits per heavy atom. The number of nitrogens with one attached hydrogen (secondary N) is 1. The van der Waals surface area contributed by atoms with E-state index in [2.05, 4.69) is 5.32 Å². The molecular formula is C17H15F2NO4S. The fourth-order valence-electron chi connectivity index (χ4n) is 2.71. The summed E-state index contributed by atoms with van der Waals surface area (Å²) in [6.07, 6.45) is 0.236. The second-order valence-electron chi connectivity index (χ2n) is 5.63. The van der Waals surface area contributed by atoms with Crippen molar-refractivity contribution in [1.82, 2.24) is 5.32 Å². The summed E-state index contributed by atoms with van der Waals surface area (Å²) in [5.74, 6) is -2.44. The fourth-order valence-corrected chi connectivity index (χ4v) is 4.33. The van der Waals surface area contributed by atoms with Gasteiger partial charge in [-0.15, -0.1) is 0 Å². The predicted octanol–water partition coefficient (Wildman–Crippen LogP) is 2.38. The first-order valence-corrected chi connectivity index (χ1v) is 9.21. The number of halogens is 2. The zero-order chi connectivity index (χ0) is 18.0. The van der Waals surface area contributed by atoms with Gasteiger partial charge in [-0.2, -0.15) is 0 Å². The minimum Gasteiger partial charge on any atom is -0.481 e. The lowest BCUT2D eigenvalue weighted by Gasteiger charge is -2.26. The first-order chi connectivity index (χ1) is 11.9. The SMILES string of the molecule is O=C(COc1cc(F)ccc1F)NC1CCS(=O)(=O)c2ccccc21. The highest BCUT2D eigenvalue weighted by Crippen LogP contribution is 2.31. The van der Waals surface area contributed by atoms with Gasteiger partial charge in [0.2, 0.25) is 0 Å². The Hall–Kier alpha value is -2.48. The third kappa shape index (κ3) is 3.79. The molecule has 3 rings (SSSR count). The van der Waals surface area contributed by atoms with Crippen molar-refractivity contribution in [3.05, 3.63) is 59.7 Å².